The molecule has 158 valence electrons. The fourth-order valence-corrected chi connectivity index (χ4v) is 3.34. The predicted octanol–water partition coefficient (Wildman–Crippen LogP) is 6.88. The SMILES string of the molecule is CCCCCCCC(CCCCCC(C)C)OC(=O)c1cccc(C(=O)O)c1. The lowest BCUT2D eigenvalue weighted by Crippen LogP contribution is -2.19. The van der Waals surface area contributed by atoms with E-state index in [1.54, 1.807) is 12.1 Å². The summed E-state index contributed by atoms with van der Waals surface area (Å²) in [6.07, 6.45) is 12.3. The molecular weight excluding hydrogens is 352 g/mol. The molecule has 4 nitrogen and oxygen atoms in total. The van der Waals surface area contributed by atoms with Gasteiger partial charge in [-0.15, -0.1) is 0 Å². The van der Waals surface area contributed by atoms with Crippen molar-refractivity contribution in [3.05, 3.63) is 35.4 Å². The molecule has 0 aliphatic carbocycles. The van der Waals surface area contributed by atoms with E-state index >= 15 is 0 Å². The molecule has 0 aliphatic heterocycles. The smallest absolute Gasteiger partial charge is 0.338 e. The number of unbranched alkanes of at least 4 members (excludes halogenated alkanes) is 6. The highest BCUT2D eigenvalue weighted by molar-refractivity contribution is 5.94. The van der Waals surface area contributed by atoms with Crippen LogP contribution in [0.5, 0.6) is 0 Å². The zero-order chi connectivity index (χ0) is 20.8. The first-order valence-corrected chi connectivity index (χ1v) is 11.0. The molecule has 1 unspecified atom stereocenters. The van der Waals surface area contributed by atoms with E-state index in [1.807, 2.05) is 0 Å². The Balaban J connectivity index is 2.57. The van der Waals surface area contributed by atoms with Crippen LogP contribution in [-0.4, -0.2) is 23.1 Å². The van der Waals surface area contributed by atoms with Gasteiger partial charge >= 0.3 is 11.9 Å². The summed E-state index contributed by atoms with van der Waals surface area (Å²) in [6.45, 7) is 6.69. The monoisotopic (exact) mass is 390 g/mol. The molecule has 0 spiro atoms. The fraction of sp³-hybridized carbons (Fsp3) is 0.667. The Bertz CT molecular complexity index is 580. The highest BCUT2D eigenvalue weighted by Gasteiger charge is 2.17. The molecular formula is C24H38O4. The number of benzene rings is 1. The molecule has 4 heteroatoms. The van der Waals surface area contributed by atoms with E-state index in [4.69, 9.17) is 9.84 Å². The van der Waals surface area contributed by atoms with Crippen LogP contribution in [0, 0.1) is 5.92 Å². The molecule has 1 aromatic rings. The van der Waals surface area contributed by atoms with Crippen molar-refractivity contribution in [2.45, 2.75) is 97.5 Å². The van der Waals surface area contributed by atoms with Crippen molar-refractivity contribution >= 4 is 11.9 Å². The lowest BCUT2D eigenvalue weighted by molar-refractivity contribution is 0.0249. The van der Waals surface area contributed by atoms with Crippen LogP contribution in [-0.2, 0) is 4.74 Å². The summed E-state index contributed by atoms with van der Waals surface area (Å²) in [6, 6.07) is 6.09. The van der Waals surface area contributed by atoms with E-state index in [2.05, 4.69) is 20.8 Å². The number of rotatable bonds is 15. The molecule has 0 saturated heterocycles. The van der Waals surface area contributed by atoms with Gasteiger partial charge in [-0.2, -0.15) is 0 Å². The number of esters is 1. The Morgan fingerprint density at radius 1 is 0.893 bits per heavy atom. The van der Waals surface area contributed by atoms with Crippen molar-refractivity contribution in [3.63, 3.8) is 0 Å². The van der Waals surface area contributed by atoms with E-state index in [-0.39, 0.29) is 11.7 Å². The molecule has 0 heterocycles. The highest BCUT2D eigenvalue weighted by Crippen LogP contribution is 2.19. The van der Waals surface area contributed by atoms with Crippen molar-refractivity contribution in [2.75, 3.05) is 0 Å². The zero-order valence-corrected chi connectivity index (χ0v) is 17.9. The van der Waals surface area contributed by atoms with Crippen LogP contribution in [0.2, 0.25) is 0 Å². The average molecular weight is 391 g/mol. The van der Waals surface area contributed by atoms with Gasteiger partial charge in [-0.25, -0.2) is 9.59 Å². The summed E-state index contributed by atoms with van der Waals surface area (Å²) in [7, 11) is 0. The van der Waals surface area contributed by atoms with E-state index in [1.165, 1.54) is 50.7 Å². The second kappa shape index (κ2) is 14.2. The summed E-state index contributed by atoms with van der Waals surface area (Å²) >= 11 is 0. The van der Waals surface area contributed by atoms with Gasteiger partial charge in [-0.1, -0.05) is 71.8 Å². The van der Waals surface area contributed by atoms with E-state index in [0.717, 1.165) is 38.0 Å². The van der Waals surface area contributed by atoms with Crippen LogP contribution in [0.15, 0.2) is 24.3 Å². The number of ether oxygens (including phenoxy) is 1. The summed E-state index contributed by atoms with van der Waals surface area (Å²) in [5, 5.41) is 9.11. The third kappa shape index (κ3) is 10.5. The minimum absolute atomic E-state index is 0.0818. The standard InChI is InChI=1S/C24H38O4/c1-4-5-6-7-10-16-22(17-11-8-9-13-19(2)3)28-24(27)21-15-12-14-20(18-21)23(25)26/h12,14-15,18-19,22H,4-11,13,16-17H2,1-3H3,(H,25,26). The molecule has 28 heavy (non-hydrogen) atoms. The highest BCUT2D eigenvalue weighted by atomic mass is 16.5. The number of carbonyl (C=O) groups excluding carboxylic acids is 1. The number of carboxylic acids is 1. The van der Waals surface area contributed by atoms with Crippen molar-refractivity contribution in [2.24, 2.45) is 5.92 Å². The minimum atomic E-state index is -1.03. The van der Waals surface area contributed by atoms with Gasteiger partial charge in [0.25, 0.3) is 0 Å². The minimum Gasteiger partial charge on any atom is -0.478 e. The average Bonchev–Trinajstić information content (AvgIpc) is 2.67. The fourth-order valence-electron chi connectivity index (χ4n) is 3.34. The van der Waals surface area contributed by atoms with Gasteiger partial charge < -0.3 is 9.84 Å². The van der Waals surface area contributed by atoms with Crippen LogP contribution in [0.25, 0.3) is 0 Å². The van der Waals surface area contributed by atoms with Crippen LogP contribution >= 0.6 is 0 Å². The number of carbonyl (C=O) groups is 2. The summed E-state index contributed by atoms with van der Waals surface area (Å²) in [5.74, 6) is -0.718. The van der Waals surface area contributed by atoms with Crippen molar-refractivity contribution in [1.82, 2.24) is 0 Å². The molecule has 0 bridgehead atoms. The molecule has 0 saturated carbocycles. The van der Waals surface area contributed by atoms with E-state index in [0.29, 0.717) is 5.56 Å². The maximum atomic E-state index is 12.5. The molecule has 1 aromatic carbocycles. The number of carboxylic acid groups (broad SMARTS) is 1. The van der Waals surface area contributed by atoms with Crippen molar-refractivity contribution in [3.8, 4) is 0 Å². The van der Waals surface area contributed by atoms with Gasteiger partial charge in [0.05, 0.1) is 11.1 Å². The first-order chi connectivity index (χ1) is 13.4. The van der Waals surface area contributed by atoms with Crippen molar-refractivity contribution < 1.29 is 19.4 Å². The third-order valence-corrected chi connectivity index (χ3v) is 5.06. The number of hydrogen-bond acceptors (Lipinski definition) is 3. The molecule has 1 rings (SSSR count). The van der Waals surface area contributed by atoms with E-state index < -0.39 is 11.9 Å². The van der Waals surface area contributed by atoms with Crippen molar-refractivity contribution in [1.29, 1.82) is 0 Å². The maximum Gasteiger partial charge on any atom is 0.338 e. The Kier molecular flexibility index (Phi) is 12.3. The second-order valence-corrected chi connectivity index (χ2v) is 8.15. The lowest BCUT2D eigenvalue weighted by atomic mass is 10.0. The molecule has 1 N–H and O–H groups in total. The van der Waals surface area contributed by atoms with Gasteiger partial charge in [0.15, 0.2) is 0 Å². The molecule has 0 fully saturated rings. The molecule has 0 radical (unpaired) electrons. The summed E-state index contributed by atoms with van der Waals surface area (Å²) in [5.41, 5.74) is 0.426. The Labute approximate surface area is 170 Å². The Hall–Kier alpha value is -1.84. The van der Waals surface area contributed by atoms with Gasteiger partial charge in [-0.05, 0) is 49.8 Å². The molecule has 0 amide bonds. The first-order valence-electron chi connectivity index (χ1n) is 11.0. The van der Waals surface area contributed by atoms with E-state index in [9.17, 15) is 9.59 Å². The predicted molar refractivity (Wildman–Crippen MR) is 114 cm³/mol. The van der Waals surface area contributed by atoms with Crippen LogP contribution in [0.3, 0.4) is 0 Å². The van der Waals surface area contributed by atoms with Gasteiger partial charge in [0, 0.05) is 0 Å². The second-order valence-electron chi connectivity index (χ2n) is 8.15. The van der Waals surface area contributed by atoms with Crippen LogP contribution in [0.1, 0.15) is 112 Å². The van der Waals surface area contributed by atoms with Gasteiger partial charge in [0.1, 0.15) is 6.10 Å². The quantitative estimate of drug-likeness (QED) is 0.262. The lowest BCUT2D eigenvalue weighted by Gasteiger charge is -2.18. The van der Waals surface area contributed by atoms with Crippen LogP contribution in [0.4, 0.5) is 0 Å². The Morgan fingerprint density at radius 2 is 1.46 bits per heavy atom. The molecule has 0 aliphatic rings. The first kappa shape index (κ1) is 24.2. The largest absolute Gasteiger partial charge is 0.478 e. The maximum absolute atomic E-state index is 12.5. The topological polar surface area (TPSA) is 63.6 Å². The molecule has 1 atom stereocenters. The summed E-state index contributed by atoms with van der Waals surface area (Å²) in [4.78, 5) is 23.7. The third-order valence-electron chi connectivity index (χ3n) is 5.06. The zero-order valence-electron chi connectivity index (χ0n) is 17.9. The van der Waals surface area contributed by atoms with Gasteiger partial charge in [-0.3, -0.25) is 0 Å². The van der Waals surface area contributed by atoms with Crippen LogP contribution < -0.4 is 0 Å². The summed E-state index contributed by atoms with van der Waals surface area (Å²) < 4.78 is 5.77. The Morgan fingerprint density at radius 3 is 2.07 bits per heavy atom. The number of aromatic carboxylic acids is 1. The normalized spacial score (nSPS) is 12.1. The molecule has 0 aromatic heterocycles. The van der Waals surface area contributed by atoms with Gasteiger partial charge in [0.2, 0.25) is 0 Å². The number of hydrogen-bond donors (Lipinski definition) is 1.